The van der Waals surface area contributed by atoms with Gasteiger partial charge in [0.1, 0.15) is 0 Å². The van der Waals surface area contributed by atoms with E-state index in [4.69, 9.17) is 25.8 Å². The van der Waals surface area contributed by atoms with E-state index in [0.29, 0.717) is 44.2 Å². The number of ether oxygens (including phenoxy) is 3. The molecule has 0 aliphatic heterocycles. The standard InChI is InChI=1S/C25H35ClN2O5S/c1-25(2,18-26)24(30)28(12-13-31-3)17-23(29)27(16-20-7-6-14-34-20)11-10-19-8-9-21(32-4)22(15-19)33-5/h6-9,14-15H,10-13,16-18H2,1-5H3. The Kier molecular flexibility index (Phi) is 11.1. The van der Waals surface area contributed by atoms with Gasteiger partial charge in [-0.05, 0) is 49.4 Å². The minimum absolute atomic E-state index is 0.0280. The van der Waals surface area contributed by atoms with Gasteiger partial charge in [-0.25, -0.2) is 0 Å². The van der Waals surface area contributed by atoms with Crippen LogP contribution in [0, 0.1) is 5.41 Å². The molecule has 2 amide bonds. The summed E-state index contributed by atoms with van der Waals surface area (Å²) in [5, 5.41) is 1.99. The SMILES string of the molecule is COCCN(CC(=O)N(CCc1ccc(OC)c(OC)c1)Cc1cccs1)C(=O)C(C)(C)CCl. The molecule has 0 spiro atoms. The van der Waals surface area contributed by atoms with Crippen molar-refractivity contribution in [3.05, 3.63) is 46.2 Å². The van der Waals surface area contributed by atoms with Gasteiger partial charge >= 0.3 is 0 Å². The molecule has 0 atom stereocenters. The molecule has 0 unspecified atom stereocenters. The molecular formula is C25H35ClN2O5S. The number of methoxy groups -OCH3 is 3. The summed E-state index contributed by atoms with van der Waals surface area (Å²) in [5.41, 5.74) is 0.255. The van der Waals surface area contributed by atoms with Crippen LogP contribution in [0.3, 0.4) is 0 Å². The van der Waals surface area contributed by atoms with Gasteiger partial charge in [-0.1, -0.05) is 12.1 Å². The number of halogens is 1. The zero-order chi connectivity index (χ0) is 25.1. The molecule has 1 heterocycles. The number of benzene rings is 1. The van der Waals surface area contributed by atoms with Crippen LogP contribution in [0.2, 0.25) is 0 Å². The fraction of sp³-hybridized carbons (Fsp3) is 0.520. The molecule has 0 saturated heterocycles. The van der Waals surface area contributed by atoms with E-state index in [0.717, 1.165) is 10.4 Å². The molecule has 0 aliphatic rings. The lowest BCUT2D eigenvalue weighted by Gasteiger charge is -2.32. The molecule has 2 aromatic rings. The summed E-state index contributed by atoms with van der Waals surface area (Å²) in [7, 11) is 4.77. The Morgan fingerprint density at radius 2 is 1.76 bits per heavy atom. The molecule has 9 heteroatoms. The van der Waals surface area contributed by atoms with Crippen molar-refractivity contribution < 1.29 is 23.8 Å². The Hall–Kier alpha value is -2.29. The predicted octanol–water partition coefficient (Wildman–Crippen LogP) is 4.08. The van der Waals surface area contributed by atoms with Gasteiger partial charge in [0.05, 0.1) is 39.3 Å². The Labute approximate surface area is 211 Å². The summed E-state index contributed by atoms with van der Waals surface area (Å²) in [4.78, 5) is 30.9. The zero-order valence-electron chi connectivity index (χ0n) is 20.6. The zero-order valence-corrected chi connectivity index (χ0v) is 22.2. The number of amides is 2. The second kappa shape index (κ2) is 13.6. The molecule has 0 N–H and O–H groups in total. The fourth-order valence-corrected chi connectivity index (χ4v) is 4.22. The molecule has 1 aromatic heterocycles. The van der Waals surface area contributed by atoms with Crippen LogP contribution in [-0.4, -0.2) is 75.1 Å². The molecule has 7 nitrogen and oxygen atoms in total. The average molecular weight is 511 g/mol. The lowest BCUT2D eigenvalue weighted by atomic mass is 9.94. The number of alkyl halides is 1. The third-order valence-electron chi connectivity index (χ3n) is 5.49. The summed E-state index contributed by atoms with van der Waals surface area (Å²) >= 11 is 7.63. The first-order valence-corrected chi connectivity index (χ1v) is 12.5. The molecule has 0 saturated carbocycles. The quantitative estimate of drug-likeness (QED) is 0.358. The van der Waals surface area contributed by atoms with Crippen LogP contribution in [-0.2, 0) is 27.3 Å². The van der Waals surface area contributed by atoms with Gasteiger partial charge in [0.25, 0.3) is 0 Å². The Morgan fingerprint density at radius 3 is 2.35 bits per heavy atom. The van der Waals surface area contributed by atoms with Crippen molar-refractivity contribution in [1.82, 2.24) is 9.80 Å². The van der Waals surface area contributed by atoms with Crippen molar-refractivity contribution in [3.8, 4) is 11.5 Å². The topological polar surface area (TPSA) is 68.3 Å². The Morgan fingerprint density at radius 1 is 1.03 bits per heavy atom. The van der Waals surface area contributed by atoms with Crippen LogP contribution in [0.5, 0.6) is 11.5 Å². The van der Waals surface area contributed by atoms with Crippen molar-refractivity contribution in [3.63, 3.8) is 0 Å². The number of thiophene rings is 1. The molecule has 2 rings (SSSR count). The monoisotopic (exact) mass is 510 g/mol. The van der Waals surface area contributed by atoms with Crippen molar-refractivity contribution in [2.45, 2.75) is 26.8 Å². The lowest BCUT2D eigenvalue weighted by Crippen LogP contribution is -2.49. The summed E-state index contributed by atoms with van der Waals surface area (Å²) in [6.07, 6.45) is 0.636. The van der Waals surface area contributed by atoms with Gasteiger partial charge < -0.3 is 24.0 Å². The summed E-state index contributed by atoms with van der Waals surface area (Å²) in [6, 6.07) is 9.72. The summed E-state index contributed by atoms with van der Waals surface area (Å²) < 4.78 is 15.9. The van der Waals surface area contributed by atoms with Crippen molar-refractivity contribution in [1.29, 1.82) is 0 Å². The lowest BCUT2D eigenvalue weighted by molar-refractivity contribution is -0.146. The number of nitrogens with zero attached hydrogens (tertiary/aromatic N) is 2. The molecule has 34 heavy (non-hydrogen) atoms. The maximum absolute atomic E-state index is 13.4. The predicted molar refractivity (Wildman–Crippen MR) is 136 cm³/mol. The van der Waals surface area contributed by atoms with E-state index < -0.39 is 5.41 Å². The first kappa shape index (κ1) is 28.0. The van der Waals surface area contributed by atoms with Gasteiger partial charge in [-0.2, -0.15) is 0 Å². The van der Waals surface area contributed by atoms with Crippen LogP contribution in [0.1, 0.15) is 24.3 Å². The van der Waals surface area contributed by atoms with Gasteiger partial charge in [-0.3, -0.25) is 9.59 Å². The van der Waals surface area contributed by atoms with Crippen molar-refractivity contribution >= 4 is 34.8 Å². The molecular weight excluding hydrogens is 476 g/mol. The van der Waals surface area contributed by atoms with E-state index in [1.54, 1.807) is 56.3 Å². The number of rotatable bonds is 14. The first-order chi connectivity index (χ1) is 16.2. The highest BCUT2D eigenvalue weighted by molar-refractivity contribution is 7.09. The molecule has 0 fully saturated rings. The van der Waals surface area contributed by atoms with Gasteiger partial charge in [-0.15, -0.1) is 22.9 Å². The second-order valence-electron chi connectivity index (χ2n) is 8.57. The van der Waals surface area contributed by atoms with Gasteiger partial charge in [0.15, 0.2) is 11.5 Å². The van der Waals surface area contributed by atoms with Crippen LogP contribution < -0.4 is 9.47 Å². The van der Waals surface area contributed by atoms with Crippen LogP contribution in [0.25, 0.3) is 0 Å². The average Bonchev–Trinajstić information content (AvgIpc) is 3.36. The molecule has 0 bridgehead atoms. The molecule has 188 valence electrons. The highest BCUT2D eigenvalue weighted by atomic mass is 35.5. The van der Waals surface area contributed by atoms with E-state index >= 15 is 0 Å². The minimum atomic E-state index is -0.770. The van der Waals surface area contributed by atoms with Crippen molar-refractivity contribution in [2.75, 3.05) is 53.5 Å². The van der Waals surface area contributed by atoms with Gasteiger partial charge in [0, 0.05) is 31.0 Å². The smallest absolute Gasteiger partial charge is 0.242 e. The maximum Gasteiger partial charge on any atom is 0.242 e. The van der Waals surface area contributed by atoms with E-state index in [2.05, 4.69) is 0 Å². The van der Waals surface area contributed by atoms with E-state index in [9.17, 15) is 9.59 Å². The van der Waals surface area contributed by atoms with Crippen LogP contribution >= 0.6 is 22.9 Å². The Balaban J connectivity index is 2.19. The van der Waals surface area contributed by atoms with E-state index in [1.807, 2.05) is 35.7 Å². The third kappa shape index (κ3) is 7.89. The fourth-order valence-electron chi connectivity index (χ4n) is 3.39. The molecule has 0 aliphatic carbocycles. The molecule has 1 aromatic carbocycles. The largest absolute Gasteiger partial charge is 0.493 e. The van der Waals surface area contributed by atoms with Crippen LogP contribution in [0.15, 0.2) is 35.7 Å². The van der Waals surface area contributed by atoms with Gasteiger partial charge in [0.2, 0.25) is 11.8 Å². The highest BCUT2D eigenvalue weighted by Gasteiger charge is 2.33. The maximum atomic E-state index is 13.4. The van der Waals surface area contributed by atoms with Crippen molar-refractivity contribution in [2.24, 2.45) is 5.41 Å². The third-order valence-corrected chi connectivity index (χ3v) is 7.02. The first-order valence-electron chi connectivity index (χ1n) is 11.1. The summed E-state index contributed by atoms with van der Waals surface area (Å²) in [5.74, 6) is 1.19. The minimum Gasteiger partial charge on any atom is -0.493 e. The summed E-state index contributed by atoms with van der Waals surface area (Å²) in [6.45, 7) is 5.18. The number of hydrogen-bond acceptors (Lipinski definition) is 6. The highest BCUT2D eigenvalue weighted by Crippen LogP contribution is 2.28. The normalized spacial score (nSPS) is 11.2. The van der Waals surface area contributed by atoms with E-state index in [-0.39, 0.29) is 24.2 Å². The Bertz CT molecular complexity index is 920. The number of carbonyl (C=O) groups excluding carboxylic acids is 2. The molecule has 0 radical (unpaired) electrons. The number of carbonyl (C=O) groups is 2. The van der Waals surface area contributed by atoms with E-state index in [1.165, 1.54) is 0 Å². The van der Waals surface area contributed by atoms with Crippen LogP contribution in [0.4, 0.5) is 0 Å². The number of hydrogen-bond donors (Lipinski definition) is 0. The second-order valence-corrected chi connectivity index (χ2v) is 9.87.